The summed E-state index contributed by atoms with van der Waals surface area (Å²) in [5.74, 6) is 0.213. The van der Waals surface area contributed by atoms with Crippen LogP contribution < -0.4 is 0 Å². The summed E-state index contributed by atoms with van der Waals surface area (Å²) in [6.07, 6.45) is 1.86. The zero-order valence-corrected chi connectivity index (χ0v) is 17.7. The number of ketones is 2. The first kappa shape index (κ1) is 20.1. The molecule has 0 spiro atoms. The van der Waals surface area contributed by atoms with E-state index >= 15 is 0 Å². The Morgan fingerprint density at radius 2 is 1.82 bits per heavy atom. The van der Waals surface area contributed by atoms with Crippen molar-refractivity contribution in [2.45, 2.75) is 46.3 Å². The lowest BCUT2D eigenvalue weighted by molar-refractivity contribution is 0.101. The monoisotopic (exact) mass is 395 g/mol. The van der Waals surface area contributed by atoms with Crippen LogP contribution in [0.5, 0.6) is 0 Å². The van der Waals surface area contributed by atoms with Crippen LogP contribution >= 0.6 is 11.8 Å². The maximum Gasteiger partial charge on any atom is 0.189 e. The highest BCUT2D eigenvalue weighted by molar-refractivity contribution is 7.99. The minimum absolute atomic E-state index is 0.0257. The van der Waals surface area contributed by atoms with Gasteiger partial charge in [-0.2, -0.15) is 0 Å². The van der Waals surface area contributed by atoms with Crippen LogP contribution in [0.3, 0.4) is 0 Å². The Morgan fingerprint density at radius 3 is 2.39 bits per heavy atom. The average Bonchev–Trinajstić information content (AvgIpc) is 3.20. The Morgan fingerprint density at radius 1 is 1.14 bits per heavy atom. The van der Waals surface area contributed by atoms with Crippen molar-refractivity contribution in [1.82, 2.24) is 14.5 Å². The minimum Gasteiger partial charge on any atom is -0.355 e. The Hall–Kier alpha value is -2.60. The lowest BCUT2D eigenvalue weighted by Crippen LogP contribution is -2.07. The third-order valence-corrected chi connectivity index (χ3v) is 5.87. The molecule has 0 saturated carbocycles. The number of aromatic nitrogens is 3. The van der Waals surface area contributed by atoms with Crippen molar-refractivity contribution in [3.8, 4) is 11.3 Å². The zero-order valence-electron chi connectivity index (χ0n) is 16.9. The standard InChI is InChI=1S/C22H25N3O2S/c1-6-25-18(17-9-7-13(2)8-10-17)11-23-22(25)28-12-19(27)21-14(3)20(16(5)26)15(4)24-21/h7-11,24H,6,12H2,1-5H3. The van der Waals surface area contributed by atoms with Crippen LogP contribution in [0.1, 0.15) is 51.5 Å². The van der Waals surface area contributed by atoms with E-state index in [9.17, 15) is 9.59 Å². The Balaban J connectivity index is 1.80. The number of aromatic amines is 1. The molecular weight excluding hydrogens is 370 g/mol. The summed E-state index contributed by atoms with van der Waals surface area (Å²) in [5.41, 5.74) is 5.98. The number of carbonyl (C=O) groups excluding carboxylic acids is 2. The third kappa shape index (κ3) is 3.83. The number of thioether (sulfide) groups is 1. The molecule has 1 N–H and O–H groups in total. The van der Waals surface area contributed by atoms with Crippen molar-refractivity contribution in [3.63, 3.8) is 0 Å². The van der Waals surface area contributed by atoms with Gasteiger partial charge >= 0.3 is 0 Å². The predicted octanol–water partition coefficient (Wildman–Crippen LogP) is 5.00. The van der Waals surface area contributed by atoms with Crippen molar-refractivity contribution in [2.24, 2.45) is 0 Å². The highest BCUT2D eigenvalue weighted by atomic mass is 32.2. The molecule has 0 aliphatic heterocycles. The number of hydrogen-bond donors (Lipinski definition) is 1. The van der Waals surface area contributed by atoms with Gasteiger partial charge in [0.15, 0.2) is 16.7 Å². The first-order chi connectivity index (χ1) is 13.3. The van der Waals surface area contributed by atoms with E-state index in [1.807, 2.05) is 20.0 Å². The number of carbonyl (C=O) groups is 2. The van der Waals surface area contributed by atoms with Gasteiger partial charge in [-0.1, -0.05) is 41.6 Å². The van der Waals surface area contributed by atoms with Gasteiger partial charge < -0.3 is 9.55 Å². The molecule has 3 rings (SSSR count). The second-order valence-electron chi connectivity index (χ2n) is 6.93. The van der Waals surface area contributed by atoms with Crippen LogP contribution in [0, 0.1) is 20.8 Å². The highest BCUT2D eigenvalue weighted by Gasteiger charge is 2.21. The third-order valence-electron chi connectivity index (χ3n) is 4.88. The number of nitrogens with one attached hydrogen (secondary N) is 1. The summed E-state index contributed by atoms with van der Waals surface area (Å²) in [4.78, 5) is 32.2. The van der Waals surface area contributed by atoms with Gasteiger partial charge in [-0.15, -0.1) is 0 Å². The molecule has 0 amide bonds. The molecule has 0 atom stereocenters. The maximum atomic E-state index is 12.7. The number of hydrogen-bond acceptors (Lipinski definition) is 4. The Kier molecular flexibility index (Phi) is 5.89. The van der Waals surface area contributed by atoms with E-state index in [2.05, 4.69) is 52.6 Å². The molecule has 0 fully saturated rings. The number of Topliss-reactive ketones (excluding diaryl/α,β-unsaturated/α-hetero) is 2. The van der Waals surface area contributed by atoms with Gasteiger partial charge in [0.1, 0.15) is 0 Å². The van der Waals surface area contributed by atoms with Crippen LogP contribution in [-0.4, -0.2) is 31.9 Å². The molecule has 5 nitrogen and oxygen atoms in total. The fourth-order valence-electron chi connectivity index (χ4n) is 3.49. The molecule has 0 bridgehead atoms. The van der Waals surface area contributed by atoms with Crippen molar-refractivity contribution in [3.05, 3.63) is 58.5 Å². The molecule has 146 valence electrons. The summed E-state index contributed by atoms with van der Waals surface area (Å²) in [6, 6.07) is 8.35. The Bertz CT molecular complexity index is 1030. The average molecular weight is 396 g/mol. The second-order valence-corrected chi connectivity index (χ2v) is 7.87. The number of nitrogens with zero attached hydrogens (tertiary/aromatic N) is 2. The van der Waals surface area contributed by atoms with E-state index in [1.54, 1.807) is 0 Å². The fourth-order valence-corrected chi connectivity index (χ4v) is 4.41. The van der Waals surface area contributed by atoms with Crippen LogP contribution in [0.25, 0.3) is 11.3 Å². The normalized spacial score (nSPS) is 11.0. The smallest absolute Gasteiger partial charge is 0.189 e. The van der Waals surface area contributed by atoms with Crippen LogP contribution in [0.4, 0.5) is 0 Å². The lowest BCUT2D eigenvalue weighted by atomic mass is 10.1. The molecule has 3 aromatic rings. The van der Waals surface area contributed by atoms with Crippen molar-refractivity contribution < 1.29 is 9.59 Å². The summed E-state index contributed by atoms with van der Waals surface area (Å²) in [5, 5.41) is 0.819. The molecule has 1 aromatic carbocycles. The molecule has 0 radical (unpaired) electrons. The van der Waals surface area contributed by atoms with E-state index in [-0.39, 0.29) is 17.3 Å². The molecule has 0 aliphatic carbocycles. The van der Waals surface area contributed by atoms with Gasteiger partial charge in [0, 0.05) is 17.8 Å². The van der Waals surface area contributed by atoms with Gasteiger partial charge in [0.2, 0.25) is 0 Å². The summed E-state index contributed by atoms with van der Waals surface area (Å²) < 4.78 is 2.12. The van der Waals surface area contributed by atoms with E-state index in [0.29, 0.717) is 11.3 Å². The predicted molar refractivity (Wildman–Crippen MR) is 113 cm³/mol. The molecule has 6 heteroatoms. The first-order valence-corrected chi connectivity index (χ1v) is 10.3. The molecule has 2 heterocycles. The lowest BCUT2D eigenvalue weighted by Gasteiger charge is -2.09. The quantitative estimate of drug-likeness (QED) is 0.451. The van der Waals surface area contributed by atoms with Crippen LogP contribution in [0.15, 0.2) is 35.6 Å². The van der Waals surface area contributed by atoms with Crippen LogP contribution in [-0.2, 0) is 6.54 Å². The number of aryl methyl sites for hydroxylation is 2. The molecule has 0 aliphatic rings. The number of imidazole rings is 1. The maximum absolute atomic E-state index is 12.7. The summed E-state index contributed by atoms with van der Waals surface area (Å²) >= 11 is 1.42. The summed E-state index contributed by atoms with van der Waals surface area (Å²) in [6.45, 7) is 10.1. The van der Waals surface area contributed by atoms with Crippen molar-refractivity contribution in [1.29, 1.82) is 0 Å². The molecule has 28 heavy (non-hydrogen) atoms. The second kappa shape index (κ2) is 8.19. The fraction of sp³-hybridized carbons (Fsp3) is 0.318. The largest absolute Gasteiger partial charge is 0.355 e. The van der Waals surface area contributed by atoms with Crippen LogP contribution in [0.2, 0.25) is 0 Å². The van der Waals surface area contributed by atoms with Gasteiger partial charge in [-0.25, -0.2) is 4.98 Å². The van der Waals surface area contributed by atoms with Crippen molar-refractivity contribution >= 4 is 23.3 Å². The SMILES string of the molecule is CCn1c(-c2ccc(C)cc2)cnc1SCC(=O)c1[nH]c(C)c(C(C)=O)c1C. The van der Waals surface area contributed by atoms with E-state index in [4.69, 9.17) is 0 Å². The van der Waals surface area contributed by atoms with E-state index < -0.39 is 0 Å². The van der Waals surface area contributed by atoms with E-state index in [1.165, 1.54) is 24.2 Å². The van der Waals surface area contributed by atoms with Gasteiger partial charge in [-0.3, -0.25) is 9.59 Å². The minimum atomic E-state index is -0.0272. The summed E-state index contributed by atoms with van der Waals surface area (Å²) in [7, 11) is 0. The van der Waals surface area contributed by atoms with Gasteiger partial charge in [-0.05, 0) is 45.7 Å². The Labute approximate surface area is 169 Å². The number of benzene rings is 1. The topological polar surface area (TPSA) is 67.8 Å². The molecule has 0 saturated heterocycles. The molecular formula is C22H25N3O2S. The number of rotatable bonds is 7. The first-order valence-electron chi connectivity index (χ1n) is 9.32. The highest BCUT2D eigenvalue weighted by Crippen LogP contribution is 2.27. The molecule has 2 aromatic heterocycles. The van der Waals surface area contributed by atoms with E-state index in [0.717, 1.165) is 34.2 Å². The molecule has 0 unspecified atom stereocenters. The number of H-pyrrole nitrogens is 1. The van der Waals surface area contributed by atoms with Crippen molar-refractivity contribution in [2.75, 3.05) is 5.75 Å². The van der Waals surface area contributed by atoms with Gasteiger partial charge in [0.25, 0.3) is 0 Å². The zero-order chi connectivity index (χ0) is 20.4. The van der Waals surface area contributed by atoms with Gasteiger partial charge in [0.05, 0.1) is 23.3 Å².